The zero-order valence-electron chi connectivity index (χ0n) is 20.8. The average Bonchev–Trinajstić information content (AvgIpc) is 2.99. The van der Waals surface area contributed by atoms with Crippen LogP contribution in [-0.2, 0) is 20.5 Å². The van der Waals surface area contributed by atoms with Crippen molar-refractivity contribution >= 4 is 46.5 Å². The fourth-order valence-corrected chi connectivity index (χ4v) is 4.61. The molecule has 0 radical (unpaired) electrons. The smallest absolute Gasteiger partial charge is 0.410 e. The second-order valence-corrected chi connectivity index (χ2v) is 10.6. The summed E-state index contributed by atoms with van der Waals surface area (Å²) in [5, 5.41) is 9.64. The first-order chi connectivity index (χ1) is 17.3. The Morgan fingerprint density at radius 1 is 1.08 bits per heavy atom. The molecule has 0 unspecified atom stereocenters. The van der Waals surface area contributed by atoms with Crippen LogP contribution in [0, 0.1) is 5.92 Å². The molecule has 36 heavy (non-hydrogen) atoms. The van der Waals surface area contributed by atoms with Gasteiger partial charge in [-0.3, -0.25) is 9.59 Å². The summed E-state index contributed by atoms with van der Waals surface area (Å²) in [7, 11) is -0.566. The van der Waals surface area contributed by atoms with E-state index in [2.05, 4.69) is 45.7 Å². The molecule has 1 aliphatic heterocycles. The first kappa shape index (κ1) is 28.7. The van der Waals surface area contributed by atoms with E-state index in [9.17, 15) is 9.59 Å². The van der Waals surface area contributed by atoms with Gasteiger partial charge in [0.15, 0.2) is 0 Å². The Labute approximate surface area is 227 Å². The highest BCUT2D eigenvalue weighted by Gasteiger charge is 2.35. The SMILES string of the molecule is CC(C)C[C@H](NC(=O)[C@H](Cc1ccccc1)NC(=O)c1cc(Br)ccc1Cl)B1OCCCNCCO1. The molecule has 0 spiro atoms. The van der Waals surface area contributed by atoms with E-state index in [1.165, 1.54) is 0 Å². The van der Waals surface area contributed by atoms with Gasteiger partial charge in [0.2, 0.25) is 5.91 Å². The lowest BCUT2D eigenvalue weighted by Crippen LogP contribution is -2.56. The van der Waals surface area contributed by atoms with Crippen molar-refractivity contribution in [2.45, 2.75) is 45.1 Å². The first-order valence-corrected chi connectivity index (χ1v) is 13.5. The third-order valence-electron chi connectivity index (χ3n) is 5.80. The zero-order chi connectivity index (χ0) is 25.9. The van der Waals surface area contributed by atoms with Crippen LogP contribution in [0.5, 0.6) is 0 Å². The Morgan fingerprint density at radius 2 is 1.83 bits per heavy atom. The second kappa shape index (κ2) is 14.7. The number of hydrogen-bond acceptors (Lipinski definition) is 5. The molecular formula is C26H34BBrClN3O4. The fourth-order valence-electron chi connectivity index (χ4n) is 4.05. The molecule has 2 aromatic carbocycles. The third-order valence-corrected chi connectivity index (χ3v) is 6.62. The van der Waals surface area contributed by atoms with Crippen LogP contribution in [0.1, 0.15) is 42.6 Å². The Balaban J connectivity index is 1.81. The van der Waals surface area contributed by atoms with Crippen molar-refractivity contribution in [2.75, 3.05) is 26.3 Å². The highest BCUT2D eigenvalue weighted by atomic mass is 79.9. The summed E-state index contributed by atoms with van der Waals surface area (Å²) >= 11 is 9.66. The molecule has 10 heteroatoms. The van der Waals surface area contributed by atoms with Gasteiger partial charge in [0.1, 0.15) is 6.04 Å². The van der Waals surface area contributed by atoms with Crippen molar-refractivity contribution < 1.29 is 18.9 Å². The van der Waals surface area contributed by atoms with Crippen LogP contribution >= 0.6 is 27.5 Å². The van der Waals surface area contributed by atoms with E-state index in [4.69, 9.17) is 20.9 Å². The van der Waals surface area contributed by atoms with E-state index in [-0.39, 0.29) is 11.8 Å². The number of nitrogens with one attached hydrogen (secondary N) is 3. The molecule has 0 aliphatic carbocycles. The highest BCUT2D eigenvalue weighted by molar-refractivity contribution is 9.10. The molecule has 0 saturated carbocycles. The minimum Gasteiger partial charge on any atom is -0.410 e. The van der Waals surface area contributed by atoms with Crippen LogP contribution in [0.3, 0.4) is 0 Å². The zero-order valence-corrected chi connectivity index (χ0v) is 23.1. The van der Waals surface area contributed by atoms with E-state index in [1.807, 2.05) is 30.3 Å². The monoisotopic (exact) mass is 577 g/mol. The molecule has 194 valence electrons. The minimum atomic E-state index is -0.817. The fraction of sp³-hybridized carbons (Fsp3) is 0.462. The lowest BCUT2D eigenvalue weighted by molar-refractivity contribution is -0.123. The molecule has 1 aliphatic rings. The number of carbonyl (C=O) groups excluding carboxylic acids is 2. The lowest BCUT2D eigenvalue weighted by atomic mass is 9.73. The number of benzene rings is 2. The highest BCUT2D eigenvalue weighted by Crippen LogP contribution is 2.21. The molecule has 7 nitrogen and oxygen atoms in total. The van der Waals surface area contributed by atoms with E-state index in [0.29, 0.717) is 42.6 Å². The molecule has 1 saturated heterocycles. The normalized spacial score (nSPS) is 16.4. The second-order valence-electron chi connectivity index (χ2n) is 9.30. The molecular weight excluding hydrogens is 544 g/mol. The van der Waals surface area contributed by atoms with E-state index in [1.54, 1.807) is 18.2 Å². The summed E-state index contributed by atoms with van der Waals surface area (Å²) in [6.07, 6.45) is 1.87. The molecule has 3 rings (SSSR count). The van der Waals surface area contributed by atoms with E-state index < -0.39 is 19.1 Å². The van der Waals surface area contributed by atoms with Gasteiger partial charge in [-0.25, -0.2) is 0 Å². The summed E-state index contributed by atoms with van der Waals surface area (Å²) in [4.78, 5) is 26.8. The molecule has 0 aromatic heterocycles. The van der Waals surface area contributed by atoms with E-state index in [0.717, 1.165) is 29.5 Å². The summed E-state index contributed by atoms with van der Waals surface area (Å²) < 4.78 is 12.7. The average molecular weight is 579 g/mol. The van der Waals surface area contributed by atoms with Gasteiger partial charge < -0.3 is 25.3 Å². The van der Waals surface area contributed by atoms with Gasteiger partial charge in [0.25, 0.3) is 5.91 Å². The molecule has 2 atom stereocenters. The summed E-state index contributed by atoms with van der Waals surface area (Å²) in [5.74, 6) is -0.774. The largest absolute Gasteiger partial charge is 0.480 e. The Hall–Kier alpha value is -1.91. The quantitative estimate of drug-likeness (QED) is 0.391. The Morgan fingerprint density at radius 3 is 2.58 bits per heavy atom. The molecule has 2 aromatic rings. The topological polar surface area (TPSA) is 88.7 Å². The minimum absolute atomic E-state index is 0.297. The molecule has 3 N–H and O–H groups in total. The van der Waals surface area contributed by atoms with E-state index >= 15 is 0 Å². The van der Waals surface area contributed by atoms with Gasteiger partial charge >= 0.3 is 7.12 Å². The molecule has 1 fully saturated rings. The number of halogens is 2. The van der Waals surface area contributed by atoms with Gasteiger partial charge in [-0.2, -0.15) is 0 Å². The van der Waals surface area contributed by atoms with Crippen molar-refractivity contribution in [3.8, 4) is 0 Å². The van der Waals surface area contributed by atoms with Crippen LogP contribution in [0.15, 0.2) is 53.0 Å². The van der Waals surface area contributed by atoms with Crippen LogP contribution in [0.4, 0.5) is 0 Å². The van der Waals surface area contributed by atoms with Gasteiger partial charge in [0.05, 0.1) is 16.5 Å². The predicted molar refractivity (Wildman–Crippen MR) is 147 cm³/mol. The van der Waals surface area contributed by atoms with Crippen molar-refractivity contribution in [1.82, 2.24) is 16.0 Å². The van der Waals surface area contributed by atoms with Crippen LogP contribution in [0.2, 0.25) is 5.02 Å². The molecule has 1 heterocycles. The maximum Gasteiger partial charge on any atom is 0.480 e. The van der Waals surface area contributed by atoms with Crippen molar-refractivity contribution in [3.05, 3.63) is 69.2 Å². The van der Waals surface area contributed by atoms with Crippen LogP contribution < -0.4 is 16.0 Å². The first-order valence-electron chi connectivity index (χ1n) is 12.4. The Kier molecular flexibility index (Phi) is 11.7. The van der Waals surface area contributed by atoms with Gasteiger partial charge in [-0.05, 0) is 49.1 Å². The summed E-state index contributed by atoms with van der Waals surface area (Å²) in [6, 6.07) is 13.8. The maximum absolute atomic E-state index is 13.6. The predicted octanol–water partition coefficient (Wildman–Crippen LogP) is 4.03. The number of rotatable bonds is 9. The standard InChI is InChI=1S/C26H34BBrClN3O4/c1-18(2)15-24(27-35-13-6-11-30-12-14-36-27)32-26(34)23(16-19-7-4-3-5-8-19)31-25(33)21-17-20(28)9-10-22(21)29/h3-5,7-10,17-18,23-24,30H,6,11-16H2,1-2H3,(H,31,33)(H,32,34)/t23-,24-/m0/s1. The third kappa shape index (κ3) is 9.19. The maximum atomic E-state index is 13.6. The molecule has 2 amide bonds. The molecule has 0 bridgehead atoms. The van der Waals surface area contributed by atoms with Gasteiger partial charge in [-0.1, -0.05) is 71.7 Å². The number of hydrogen-bond donors (Lipinski definition) is 3. The van der Waals surface area contributed by atoms with Crippen LogP contribution in [0.25, 0.3) is 0 Å². The van der Waals surface area contributed by atoms with Gasteiger partial charge in [0, 0.05) is 30.7 Å². The Bertz CT molecular complexity index is 988. The van der Waals surface area contributed by atoms with Gasteiger partial charge in [-0.15, -0.1) is 0 Å². The summed E-state index contributed by atoms with van der Waals surface area (Å²) in [5.41, 5.74) is 1.23. The lowest BCUT2D eigenvalue weighted by Gasteiger charge is -2.28. The van der Waals surface area contributed by atoms with Crippen molar-refractivity contribution in [2.24, 2.45) is 5.92 Å². The number of amides is 2. The number of carbonyl (C=O) groups is 2. The van der Waals surface area contributed by atoms with Crippen molar-refractivity contribution in [3.63, 3.8) is 0 Å². The van der Waals surface area contributed by atoms with Crippen molar-refractivity contribution in [1.29, 1.82) is 0 Å². The van der Waals surface area contributed by atoms with Crippen LogP contribution in [-0.4, -0.2) is 57.2 Å². The summed E-state index contributed by atoms with van der Waals surface area (Å²) in [6.45, 7) is 6.79.